The van der Waals surface area contributed by atoms with Crippen LogP contribution in [0.4, 0.5) is 11.4 Å². The Morgan fingerprint density at radius 3 is 2.38 bits per heavy atom. The number of rotatable bonds is 5. The standard InChI is InChI=1S/C18H20N2O/c1-14(2)12-18(21)20-17-10-8-16(9-11-17)19-13-15-6-4-3-5-7-15/h3-11,13-14H,12H2,1-2H3,(H,20,21). The number of carbonyl (C=O) groups is 1. The molecule has 1 N–H and O–H groups in total. The molecule has 0 bridgehead atoms. The zero-order valence-electron chi connectivity index (χ0n) is 12.4. The van der Waals surface area contributed by atoms with E-state index in [-0.39, 0.29) is 5.91 Å². The molecule has 1 amide bonds. The predicted octanol–water partition coefficient (Wildman–Crippen LogP) is 4.42. The van der Waals surface area contributed by atoms with Crippen molar-refractivity contribution in [3.8, 4) is 0 Å². The molecular weight excluding hydrogens is 260 g/mol. The van der Waals surface area contributed by atoms with E-state index in [2.05, 4.69) is 10.3 Å². The van der Waals surface area contributed by atoms with Gasteiger partial charge in [0.05, 0.1) is 5.69 Å². The van der Waals surface area contributed by atoms with E-state index in [4.69, 9.17) is 0 Å². The van der Waals surface area contributed by atoms with Gasteiger partial charge in [-0.15, -0.1) is 0 Å². The lowest BCUT2D eigenvalue weighted by atomic mass is 10.1. The molecule has 0 spiro atoms. The molecule has 0 unspecified atom stereocenters. The summed E-state index contributed by atoms with van der Waals surface area (Å²) in [6, 6.07) is 17.5. The van der Waals surface area contributed by atoms with Crippen LogP contribution in [-0.4, -0.2) is 12.1 Å². The highest BCUT2D eigenvalue weighted by Crippen LogP contribution is 2.17. The van der Waals surface area contributed by atoms with Gasteiger partial charge in [0, 0.05) is 18.3 Å². The minimum absolute atomic E-state index is 0.0468. The van der Waals surface area contributed by atoms with Gasteiger partial charge in [-0.2, -0.15) is 0 Å². The summed E-state index contributed by atoms with van der Waals surface area (Å²) in [7, 11) is 0. The number of aliphatic imine (C=N–C) groups is 1. The van der Waals surface area contributed by atoms with Crippen LogP contribution in [0.1, 0.15) is 25.8 Å². The van der Waals surface area contributed by atoms with Gasteiger partial charge >= 0.3 is 0 Å². The smallest absolute Gasteiger partial charge is 0.224 e. The minimum Gasteiger partial charge on any atom is -0.326 e. The highest BCUT2D eigenvalue weighted by molar-refractivity contribution is 5.91. The lowest BCUT2D eigenvalue weighted by Crippen LogP contribution is -2.13. The second kappa shape index (κ2) is 7.39. The zero-order valence-corrected chi connectivity index (χ0v) is 12.4. The van der Waals surface area contributed by atoms with Crippen molar-refractivity contribution in [2.45, 2.75) is 20.3 Å². The molecule has 0 aliphatic carbocycles. The number of hydrogen-bond donors (Lipinski definition) is 1. The Morgan fingerprint density at radius 2 is 1.76 bits per heavy atom. The highest BCUT2D eigenvalue weighted by Gasteiger charge is 2.04. The van der Waals surface area contributed by atoms with Gasteiger partial charge in [-0.3, -0.25) is 9.79 Å². The number of amides is 1. The van der Waals surface area contributed by atoms with Gasteiger partial charge in [0.25, 0.3) is 0 Å². The van der Waals surface area contributed by atoms with Crippen molar-refractivity contribution in [1.82, 2.24) is 0 Å². The molecule has 2 rings (SSSR count). The lowest BCUT2D eigenvalue weighted by molar-refractivity contribution is -0.116. The van der Waals surface area contributed by atoms with Crippen molar-refractivity contribution < 1.29 is 4.79 Å². The quantitative estimate of drug-likeness (QED) is 0.809. The first kappa shape index (κ1) is 15.0. The number of carbonyl (C=O) groups excluding carboxylic acids is 1. The van der Waals surface area contributed by atoms with E-state index in [1.165, 1.54) is 0 Å². The van der Waals surface area contributed by atoms with Crippen molar-refractivity contribution in [2.75, 3.05) is 5.32 Å². The molecule has 0 aliphatic heterocycles. The average molecular weight is 280 g/mol. The normalized spacial score (nSPS) is 11.0. The molecule has 0 saturated heterocycles. The first-order valence-electron chi connectivity index (χ1n) is 7.12. The van der Waals surface area contributed by atoms with E-state index >= 15 is 0 Å². The molecule has 0 aliphatic rings. The molecule has 0 atom stereocenters. The largest absolute Gasteiger partial charge is 0.326 e. The molecular formula is C18H20N2O. The summed E-state index contributed by atoms with van der Waals surface area (Å²) >= 11 is 0. The van der Waals surface area contributed by atoms with Gasteiger partial charge < -0.3 is 5.32 Å². The fourth-order valence-electron chi connectivity index (χ4n) is 1.90. The summed E-state index contributed by atoms with van der Waals surface area (Å²) < 4.78 is 0. The fraction of sp³-hybridized carbons (Fsp3) is 0.222. The van der Waals surface area contributed by atoms with Crippen molar-refractivity contribution in [3.05, 3.63) is 60.2 Å². The van der Waals surface area contributed by atoms with Crippen molar-refractivity contribution in [3.63, 3.8) is 0 Å². The van der Waals surface area contributed by atoms with Crippen LogP contribution < -0.4 is 5.32 Å². The topological polar surface area (TPSA) is 41.5 Å². The fourth-order valence-corrected chi connectivity index (χ4v) is 1.90. The van der Waals surface area contributed by atoms with Gasteiger partial charge in [-0.05, 0) is 35.7 Å². The molecule has 0 heterocycles. The lowest BCUT2D eigenvalue weighted by Gasteiger charge is -2.07. The molecule has 108 valence electrons. The maximum Gasteiger partial charge on any atom is 0.224 e. The maximum absolute atomic E-state index is 11.7. The third-order valence-corrected chi connectivity index (χ3v) is 2.91. The minimum atomic E-state index is 0.0468. The number of hydrogen-bond acceptors (Lipinski definition) is 2. The number of anilines is 1. The van der Waals surface area contributed by atoms with Crippen LogP contribution in [-0.2, 0) is 4.79 Å². The van der Waals surface area contributed by atoms with E-state index in [1.807, 2.05) is 74.7 Å². The summed E-state index contributed by atoms with van der Waals surface area (Å²) in [5.41, 5.74) is 2.73. The third kappa shape index (κ3) is 5.22. The van der Waals surface area contributed by atoms with Gasteiger partial charge in [0.1, 0.15) is 0 Å². The van der Waals surface area contributed by atoms with Gasteiger partial charge in [0.15, 0.2) is 0 Å². The molecule has 2 aromatic carbocycles. The second-order valence-electron chi connectivity index (χ2n) is 5.36. The van der Waals surface area contributed by atoms with Crippen LogP contribution in [0.5, 0.6) is 0 Å². The third-order valence-electron chi connectivity index (χ3n) is 2.91. The SMILES string of the molecule is CC(C)CC(=O)Nc1ccc(N=Cc2ccccc2)cc1. The Balaban J connectivity index is 1.96. The monoisotopic (exact) mass is 280 g/mol. The Hall–Kier alpha value is -2.42. The summed E-state index contributed by atoms with van der Waals surface area (Å²) in [5, 5.41) is 2.88. The van der Waals surface area contributed by atoms with E-state index in [0.29, 0.717) is 12.3 Å². The molecule has 0 radical (unpaired) electrons. The molecule has 3 heteroatoms. The summed E-state index contributed by atoms with van der Waals surface area (Å²) in [5.74, 6) is 0.408. The Labute approximate surface area is 125 Å². The summed E-state index contributed by atoms with van der Waals surface area (Å²) in [6.45, 7) is 4.06. The van der Waals surface area contributed by atoms with Crippen molar-refractivity contribution >= 4 is 23.5 Å². The Bertz CT molecular complexity index is 601. The molecule has 0 aromatic heterocycles. The Kier molecular flexibility index (Phi) is 5.27. The van der Waals surface area contributed by atoms with Crippen molar-refractivity contribution in [1.29, 1.82) is 0 Å². The average Bonchev–Trinajstić information content (AvgIpc) is 2.47. The second-order valence-corrected chi connectivity index (χ2v) is 5.36. The summed E-state index contributed by atoms with van der Waals surface area (Å²) in [4.78, 5) is 16.1. The Morgan fingerprint density at radius 1 is 1.10 bits per heavy atom. The van der Waals surface area contributed by atoms with Gasteiger partial charge in [0.2, 0.25) is 5.91 Å². The van der Waals surface area contributed by atoms with Crippen LogP contribution in [0.25, 0.3) is 0 Å². The van der Waals surface area contributed by atoms with Crippen LogP contribution in [0.3, 0.4) is 0 Å². The number of nitrogens with one attached hydrogen (secondary N) is 1. The van der Waals surface area contributed by atoms with Gasteiger partial charge in [-0.1, -0.05) is 44.2 Å². The predicted molar refractivity (Wildman–Crippen MR) is 88.2 cm³/mol. The molecule has 0 saturated carbocycles. The van der Waals surface area contributed by atoms with Crippen LogP contribution in [0.2, 0.25) is 0 Å². The molecule has 21 heavy (non-hydrogen) atoms. The van der Waals surface area contributed by atoms with E-state index in [0.717, 1.165) is 16.9 Å². The molecule has 2 aromatic rings. The molecule has 0 fully saturated rings. The van der Waals surface area contributed by atoms with Crippen LogP contribution in [0.15, 0.2) is 59.6 Å². The number of benzene rings is 2. The first-order chi connectivity index (χ1) is 10.1. The highest BCUT2D eigenvalue weighted by atomic mass is 16.1. The summed E-state index contributed by atoms with van der Waals surface area (Å²) in [6.07, 6.45) is 2.36. The maximum atomic E-state index is 11.7. The van der Waals surface area contributed by atoms with Crippen LogP contribution in [0, 0.1) is 5.92 Å². The van der Waals surface area contributed by atoms with E-state index < -0.39 is 0 Å². The van der Waals surface area contributed by atoms with Crippen molar-refractivity contribution in [2.24, 2.45) is 10.9 Å². The van der Waals surface area contributed by atoms with E-state index in [9.17, 15) is 4.79 Å². The first-order valence-corrected chi connectivity index (χ1v) is 7.12. The van der Waals surface area contributed by atoms with Gasteiger partial charge in [-0.25, -0.2) is 0 Å². The number of nitrogens with zero attached hydrogens (tertiary/aromatic N) is 1. The molecule has 3 nitrogen and oxygen atoms in total. The zero-order chi connectivity index (χ0) is 15.1. The van der Waals surface area contributed by atoms with E-state index in [1.54, 1.807) is 0 Å². The van der Waals surface area contributed by atoms with Crippen LogP contribution >= 0.6 is 0 Å².